The SMILES string of the molecule is CCCNC(=NCC(C)(C)C(N)=O)NCC. The average molecular weight is 228 g/mol. The Labute approximate surface area is 97.9 Å². The van der Waals surface area contributed by atoms with Crippen molar-refractivity contribution in [2.45, 2.75) is 34.1 Å². The summed E-state index contributed by atoms with van der Waals surface area (Å²) in [5.74, 6) is 0.404. The first kappa shape index (κ1) is 14.7. The molecule has 0 atom stereocenters. The van der Waals surface area contributed by atoms with Crippen LogP contribution in [0.5, 0.6) is 0 Å². The Hall–Kier alpha value is -1.26. The van der Waals surface area contributed by atoms with Crippen LogP contribution in [0.1, 0.15) is 34.1 Å². The maximum atomic E-state index is 11.1. The van der Waals surface area contributed by atoms with E-state index in [9.17, 15) is 4.79 Å². The Bertz CT molecular complexity index is 248. The molecule has 0 aromatic heterocycles. The van der Waals surface area contributed by atoms with Crippen molar-refractivity contribution in [3.63, 3.8) is 0 Å². The van der Waals surface area contributed by atoms with E-state index in [1.807, 2.05) is 6.92 Å². The molecule has 0 aliphatic rings. The average Bonchev–Trinajstić information content (AvgIpc) is 2.22. The lowest BCUT2D eigenvalue weighted by Gasteiger charge is -2.18. The lowest BCUT2D eigenvalue weighted by molar-refractivity contribution is -0.125. The van der Waals surface area contributed by atoms with Crippen molar-refractivity contribution in [1.29, 1.82) is 0 Å². The quantitative estimate of drug-likeness (QED) is 0.456. The van der Waals surface area contributed by atoms with Gasteiger partial charge in [-0.15, -0.1) is 0 Å². The highest BCUT2D eigenvalue weighted by molar-refractivity contribution is 5.82. The summed E-state index contributed by atoms with van der Waals surface area (Å²) in [4.78, 5) is 15.5. The monoisotopic (exact) mass is 228 g/mol. The van der Waals surface area contributed by atoms with E-state index in [1.165, 1.54) is 0 Å². The molecule has 0 aliphatic carbocycles. The third-order valence-corrected chi connectivity index (χ3v) is 2.19. The standard InChI is InChI=1S/C11H24N4O/c1-5-7-14-10(13-6-2)15-8-11(3,4)9(12)16/h5-8H2,1-4H3,(H2,12,16)(H2,13,14,15). The smallest absolute Gasteiger partial charge is 0.224 e. The largest absolute Gasteiger partial charge is 0.369 e. The number of hydrogen-bond acceptors (Lipinski definition) is 2. The zero-order valence-electron chi connectivity index (χ0n) is 10.8. The lowest BCUT2D eigenvalue weighted by atomic mass is 9.93. The maximum absolute atomic E-state index is 11.1. The van der Waals surface area contributed by atoms with Crippen molar-refractivity contribution in [3.05, 3.63) is 0 Å². The fourth-order valence-electron chi connectivity index (χ4n) is 0.940. The number of primary amides is 1. The number of rotatable bonds is 6. The topological polar surface area (TPSA) is 79.5 Å². The molecule has 0 rings (SSSR count). The van der Waals surface area contributed by atoms with Gasteiger partial charge in [-0.2, -0.15) is 0 Å². The van der Waals surface area contributed by atoms with Crippen LogP contribution in [0.25, 0.3) is 0 Å². The minimum absolute atomic E-state index is 0.331. The van der Waals surface area contributed by atoms with Crippen molar-refractivity contribution in [3.8, 4) is 0 Å². The van der Waals surface area contributed by atoms with Crippen molar-refractivity contribution in [2.24, 2.45) is 16.1 Å². The second-order valence-corrected chi connectivity index (χ2v) is 4.37. The van der Waals surface area contributed by atoms with E-state index in [0.29, 0.717) is 6.54 Å². The second-order valence-electron chi connectivity index (χ2n) is 4.37. The molecule has 0 aromatic carbocycles. The van der Waals surface area contributed by atoms with E-state index < -0.39 is 5.41 Å². The number of nitrogens with two attached hydrogens (primary N) is 1. The summed E-state index contributed by atoms with van der Waals surface area (Å²) >= 11 is 0. The summed E-state index contributed by atoms with van der Waals surface area (Å²) in [5, 5.41) is 6.28. The molecule has 5 nitrogen and oxygen atoms in total. The Kier molecular flexibility index (Phi) is 6.53. The molecule has 5 heteroatoms. The van der Waals surface area contributed by atoms with Gasteiger partial charge in [0.15, 0.2) is 5.96 Å². The zero-order valence-corrected chi connectivity index (χ0v) is 10.8. The van der Waals surface area contributed by atoms with Crippen LogP contribution in [0.2, 0.25) is 0 Å². The predicted octanol–water partition coefficient (Wildman–Crippen LogP) is 0.463. The van der Waals surface area contributed by atoms with Gasteiger partial charge >= 0.3 is 0 Å². The van der Waals surface area contributed by atoms with Gasteiger partial charge in [0.2, 0.25) is 5.91 Å². The molecule has 0 saturated carbocycles. The minimum Gasteiger partial charge on any atom is -0.369 e. The van der Waals surface area contributed by atoms with E-state index in [0.717, 1.165) is 25.5 Å². The highest BCUT2D eigenvalue weighted by Gasteiger charge is 2.24. The first-order valence-corrected chi connectivity index (χ1v) is 5.76. The van der Waals surface area contributed by atoms with E-state index >= 15 is 0 Å². The van der Waals surface area contributed by atoms with Gasteiger partial charge in [0.25, 0.3) is 0 Å². The Morgan fingerprint density at radius 1 is 1.31 bits per heavy atom. The fraction of sp³-hybridized carbons (Fsp3) is 0.818. The third-order valence-electron chi connectivity index (χ3n) is 2.19. The Morgan fingerprint density at radius 3 is 2.38 bits per heavy atom. The van der Waals surface area contributed by atoms with Crippen molar-refractivity contribution >= 4 is 11.9 Å². The molecule has 0 saturated heterocycles. The minimum atomic E-state index is -0.603. The van der Waals surface area contributed by atoms with Gasteiger partial charge in [-0.3, -0.25) is 9.79 Å². The number of hydrogen-bond donors (Lipinski definition) is 3. The summed E-state index contributed by atoms with van der Waals surface area (Å²) in [6.07, 6.45) is 1.03. The highest BCUT2D eigenvalue weighted by Crippen LogP contribution is 2.13. The van der Waals surface area contributed by atoms with E-state index in [-0.39, 0.29) is 5.91 Å². The summed E-state index contributed by atoms with van der Waals surface area (Å²) in [7, 11) is 0. The molecule has 16 heavy (non-hydrogen) atoms. The van der Waals surface area contributed by atoms with Crippen LogP contribution < -0.4 is 16.4 Å². The van der Waals surface area contributed by atoms with Gasteiger partial charge in [0.1, 0.15) is 0 Å². The highest BCUT2D eigenvalue weighted by atomic mass is 16.1. The van der Waals surface area contributed by atoms with Gasteiger partial charge in [-0.25, -0.2) is 0 Å². The number of amides is 1. The van der Waals surface area contributed by atoms with E-state index in [1.54, 1.807) is 13.8 Å². The lowest BCUT2D eigenvalue weighted by Crippen LogP contribution is -2.40. The van der Waals surface area contributed by atoms with Crippen LogP contribution >= 0.6 is 0 Å². The van der Waals surface area contributed by atoms with Crippen LogP contribution in [-0.4, -0.2) is 31.5 Å². The molecular weight excluding hydrogens is 204 g/mol. The molecule has 1 amide bonds. The number of guanidine groups is 1. The first-order chi connectivity index (χ1) is 7.44. The second kappa shape index (κ2) is 7.09. The number of aliphatic imine (C=N–C) groups is 1. The van der Waals surface area contributed by atoms with E-state index in [2.05, 4.69) is 22.5 Å². The van der Waals surface area contributed by atoms with Crippen LogP contribution in [0, 0.1) is 5.41 Å². The molecule has 4 N–H and O–H groups in total. The maximum Gasteiger partial charge on any atom is 0.224 e. The number of nitrogens with zero attached hydrogens (tertiary/aromatic N) is 1. The molecule has 94 valence electrons. The Morgan fingerprint density at radius 2 is 1.94 bits per heavy atom. The van der Waals surface area contributed by atoms with Gasteiger partial charge in [0.05, 0.1) is 12.0 Å². The summed E-state index contributed by atoms with van der Waals surface area (Å²) < 4.78 is 0. The number of carbonyl (C=O) groups is 1. The van der Waals surface area contributed by atoms with Crippen molar-refractivity contribution in [1.82, 2.24) is 10.6 Å². The van der Waals surface area contributed by atoms with Gasteiger partial charge < -0.3 is 16.4 Å². The molecule has 0 aliphatic heterocycles. The third kappa shape index (κ3) is 5.58. The number of nitrogens with one attached hydrogen (secondary N) is 2. The van der Waals surface area contributed by atoms with Crippen LogP contribution in [0.4, 0.5) is 0 Å². The van der Waals surface area contributed by atoms with Crippen LogP contribution in [0.3, 0.4) is 0 Å². The molecule has 0 unspecified atom stereocenters. The summed E-state index contributed by atoms with van der Waals surface area (Å²) in [5.41, 5.74) is 4.68. The normalized spacial score (nSPS) is 12.4. The predicted molar refractivity (Wildman–Crippen MR) is 67.2 cm³/mol. The van der Waals surface area contributed by atoms with E-state index in [4.69, 9.17) is 5.73 Å². The molecule has 0 aromatic rings. The number of carbonyl (C=O) groups excluding carboxylic acids is 1. The molecule has 0 heterocycles. The molecular formula is C11H24N4O. The van der Waals surface area contributed by atoms with Gasteiger partial charge in [0, 0.05) is 13.1 Å². The molecule has 0 radical (unpaired) electrons. The van der Waals surface area contributed by atoms with Gasteiger partial charge in [-0.1, -0.05) is 6.92 Å². The van der Waals surface area contributed by atoms with Gasteiger partial charge in [-0.05, 0) is 27.2 Å². The molecule has 0 spiro atoms. The van der Waals surface area contributed by atoms with Crippen molar-refractivity contribution < 1.29 is 4.79 Å². The van der Waals surface area contributed by atoms with Crippen LogP contribution in [-0.2, 0) is 4.79 Å². The molecule has 0 bridgehead atoms. The fourth-order valence-corrected chi connectivity index (χ4v) is 0.940. The summed E-state index contributed by atoms with van der Waals surface area (Å²) in [6.45, 7) is 9.73. The summed E-state index contributed by atoms with van der Waals surface area (Å²) in [6, 6.07) is 0. The van der Waals surface area contributed by atoms with Crippen LogP contribution in [0.15, 0.2) is 4.99 Å². The Balaban J connectivity index is 4.37. The zero-order chi connectivity index (χ0) is 12.6. The first-order valence-electron chi connectivity index (χ1n) is 5.76. The van der Waals surface area contributed by atoms with Crippen molar-refractivity contribution in [2.75, 3.05) is 19.6 Å². The molecule has 0 fully saturated rings.